The van der Waals surface area contributed by atoms with Gasteiger partial charge in [-0.25, -0.2) is 9.78 Å². The van der Waals surface area contributed by atoms with Gasteiger partial charge in [0.2, 0.25) is 8.32 Å². The van der Waals surface area contributed by atoms with Gasteiger partial charge >= 0.3 is 6.09 Å². The number of aromatic nitrogens is 3. The van der Waals surface area contributed by atoms with Crippen molar-refractivity contribution in [2.24, 2.45) is 0 Å². The minimum absolute atomic E-state index is 0.0680. The molecule has 1 amide bonds. The van der Waals surface area contributed by atoms with Crippen molar-refractivity contribution in [1.82, 2.24) is 19.6 Å². The Morgan fingerprint density at radius 1 is 1.23 bits per heavy atom. The minimum atomic E-state index is -2.23. The van der Waals surface area contributed by atoms with E-state index in [0.29, 0.717) is 19.5 Å². The molecule has 3 rings (SSSR count). The van der Waals surface area contributed by atoms with Gasteiger partial charge in [0, 0.05) is 18.4 Å². The first-order valence-corrected chi connectivity index (χ1v) is 13.9. The molecule has 1 aromatic carbocycles. The number of hydroxylamine groups is 2. The lowest BCUT2D eigenvalue weighted by atomic mass is 10.2. The van der Waals surface area contributed by atoms with Gasteiger partial charge < -0.3 is 14.2 Å². The molecule has 2 heterocycles. The largest absolute Gasteiger partial charge is 0.463 e. The van der Waals surface area contributed by atoms with Gasteiger partial charge in [-0.15, -0.1) is 0 Å². The molecular weight excluding hydrogens is 408 g/mol. The summed E-state index contributed by atoms with van der Waals surface area (Å²) in [6.07, 6.45) is 3.29. The molecule has 0 unspecified atom stereocenters. The van der Waals surface area contributed by atoms with Crippen LogP contribution in [-0.4, -0.2) is 45.7 Å². The monoisotopic (exact) mass is 442 g/mol. The fraction of sp³-hybridized carbons (Fsp3) is 0.522. The van der Waals surface area contributed by atoms with Crippen LogP contribution in [0.5, 0.6) is 0 Å². The molecule has 0 aliphatic carbocycles. The molecule has 0 aliphatic heterocycles. The third-order valence-electron chi connectivity index (χ3n) is 6.13. The number of benzene rings is 1. The highest BCUT2D eigenvalue weighted by molar-refractivity contribution is 6.74. The molecule has 31 heavy (non-hydrogen) atoms. The predicted octanol–water partition coefficient (Wildman–Crippen LogP) is 5.84. The number of carboxylic acid groups (broad SMARTS) is 1. The molecular formula is C23H34N4O3Si. The number of fused-ring (bicyclic) bond motifs is 3. The zero-order valence-corrected chi connectivity index (χ0v) is 20.5. The number of nitrogens with zero attached hydrogens (tertiary/aromatic N) is 4. The van der Waals surface area contributed by atoms with Crippen LogP contribution in [0, 0.1) is 0 Å². The standard InChI is InChI=1S/C23H34N4O3Si/c1-7-11-20-25-19-16-24-18-13-9-8-12-17(18)21(19)26(20)14-10-15-27(22(28)29)30-31(5,6)23(2,3)4/h8-9,12-13,16H,7,10-11,14-15H2,1-6H3,(H,28,29). The lowest BCUT2D eigenvalue weighted by molar-refractivity contribution is -0.0501. The second-order valence-electron chi connectivity index (χ2n) is 9.53. The van der Waals surface area contributed by atoms with E-state index in [4.69, 9.17) is 9.51 Å². The van der Waals surface area contributed by atoms with Crippen LogP contribution >= 0.6 is 0 Å². The summed E-state index contributed by atoms with van der Waals surface area (Å²) in [5.41, 5.74) is 2.89. The van der Waals surface area contributed by atoms with E-state index in [9.17, 15) is 9.90 Å². The van der Waals surface area contributed by atoms with Crippen molar-refractivity contribution in [3.05, 3.63) is 36.3 Å². The summed E-state index contributed by atoms with van der Waals surface area (Å²) in [6, 6.07) is 8.07. The van der Waals surface area contributed by atoms with E-state index < -0.39 is 14.4 Å². The Morgan fingerprint density at radius 3 is 2.58 bits per heavy atom. The topological polar surface area (TPSA) is 80.5 Å². The molecule has 0 bridgehead atoms. The molecule has 2 aromatic heterocycles. The van der Waals surface area contributed by atoms with Crippen molar-refractivity contribution in [1.29, 1.82) is 0 Å². The molecule has 0 radical (unpaired) electrons. The zero-order valence-electron chi connectivity index (χ0n) is 19.5. The van der Waals surface area contributed by atoms with Gasteiger partial charge in [0.05, 0.1) is 23.8 Å². The second-order valence-corrected chi connectivity index (χ2v) is 14.2. The Labute approximate surface area is 185 Å². The maximum absolute atomic E-state index is 11.8. The van der Waals surface area contributed by atoms with Crippen molar-refractivity contribution < 1.29 is 14.4 Å². The number of para-hydroxylation sites is 1. The predicted molar refractivity (Wildman–Crippen MR) is 127 cm³/mol. The SMILES string of the molecule is CCCc1nc2cnc3ccccc3c2n1CCCN(O[Si](C)(C)C(C)(C)C)C(=O)O. The maximum Gasteiger partial charge on any atom is 0.430 e. The van der Waals surface area contributed by atoms with Crippen LogP contribution in [0.25, 0.3) is 21.9 Å². The fourth-order valence-corrected chi connectivity index (χ4v) is 4.42. The van der Waals surface area contributed by atoms with E-state index in [0.717, 1.165) is 45.7 Å². The molecule has 7 nitrogen and oxygen atoms in total. The van der Waals surface area contributed by atoms with Crippen molar-refractivity contribution in [3.8, 4) is 0 Å². The minimum Gasteiger partial charge on any atom is -0.463 e. The first kappa shape index (κ1) is 23.2. The Kier molecular flexibility index (Phi) is 6.71. The smallest absolute Gasteiger partial charge is 0.430 e. The summed E-state index contributed by atoms with van der Waals surface area (Å²) in [6.45, 7) is 13.6. The first-order valence-electron chi connectivity index (χ1n) is 11.0. The Bertz CT molecular complexity index is 1070. The summed E-state index contributed by atoms with van der Waals surface area (Å²) in [4.78, 5) is 21.2. The van der Waals surface area contributed by atoms with Crippen molar-refractivity contribution in [3.63, 3.8) is 0 Å². The summed E-state index contributed by atoms with van der Waals surface area (Å²) in [7, 11) is -2.23. The lowest BCUT2D eigenvalue weighted by Gasteiger charge is -2.38. The summed E-state index contributed by atoms with van der Waals surface area (Å²) in [5, 5.41) is 11.8. The average Bonchev–Trinajstić information content (AvgIpc) is 3.04. The number of hydrogen-bond acceptors (Lipinski definition) is 4. The van der Waals surface area contributed by atoms with E-state index in [2.05, 4.69) is 56.4 Å². The molecule has 8 heteroatoms. The number of rotatable bonds is 8. The molecule has 0 aliphatic rings. The third kappa shape index (κ3) is 4.90. The van der Waals surface area contributed by atoms with Crippen molar-refractivity contribution >= 4 is 36.3 Å². The normalized spacial score (nSPS) is 12.6. The van der Waals surface area contributed by atoms with Crippen molar-refractivity contribution in [2.75, 3.05) is 6.54 Å². The van der Waals surface area contributed by atoms with Gasteiger partial charge in [0.15, 0.2) is 0 Å². The van der Waals surface area contributed by atoms with E-state index in [1.165, 1.54) is 0 Å². The van der Waals surface area contributed by atoms with Crippen molar-refractivity contribution in [2.45, 2.75) is 71.6 Å². The molecule has 0 atom stereocenters. The Balaban J connectivity index is 1.86. The highest BCUT2D eigenvalue weighted by Gasteiger charge is 2.40. The summed E-state index contributed by atoms with van der Waals surface area (Å²) >= 11 is 0. The van der Waals surface area contributed by atoms with Gasteiger partial charge in [-0.2, -0.15) is 5.06 Å². The van der Waals surface area contributed by atoms with Crippen LogP contribution < -0.4 is 0 Å². The fourth-order valence-electron chi connectivity index (χ4n) is 3.43. The zero-order chi connectivity index (χ0) is 22.8. The highest BCUT2D eigenvalue weighted by Crippen LogP contribution is 2.37. The van der Waals surface area contributed by atoms with Crippen LogP contribution in [-0.2, 0) is 17.5 Å². The maximum atomic E-state index is 11.8. The summed E-state index contributed by atoms with van der Waals surface area (Å²) < 4.78 is 8.29. The highest BCUT2D eigenvalue weighted by atomic mass is 28.4. The van der Waals surface area contributed by atoms with E-state index in [1.54, 1.807) is 0 Å². The first-order chi connectivity index (χ1) is 14.5. The summed E-state index contributed by atoms with van der Waals surface area (Å²) in [5.74, 6) is 1.02. The van der Waals surface area contributed by atoms with Crippen LogP contribution in [0.4, 0.5) is 4.79 Å². The lowest BCUT2D eigenvalue weighted by Crippen LogP contribution is -2.48. The van der Waals surface area contributed by atoms with E-state index in [-0.39, 0.29) is 5.04 Å². The quantitative estimate of drug-likeness (QED) is 0.350. The van der Waals surface area contributed by atoms with Crippen LogP contribution in [0.2, 0.25) is 18.1 Å². The van der Waals surface area contributed by atoms with Gasteiger partial charge in [-0.3, -0.25) is 4.98 Å². The van der Waals surface area contributed by atoms with Gasteiger partial charge in [0.25, 0.3) is 0 Å². The molecule has 0 fully saturated rings. The number of hydrogen-bond donors (Lipinski definition) is 1. The number of aryl methyl sites for hydroxylation is 2. The number of carbonyl (C=O) groups is 1. The van der Waals surface area contributed by atoms with E-state index in [1.807, 2.05) is 24.4 Å². The molecule has 3 aromatic rings. The third-order valence-corrected chi connectivity index (χ3v) is 10.4. The van der Waals surface area contributed by atoms with Gasteiger partial charge in [-0.1, -0.05) is 45.9 Å². The molecule has 0 saturated carbocycles. The average molecular weight is 443 g/mol. The van der Waals surface area contributed by atoms with Crippen LogP contribution in [0.3, 0.4) is 0 Å². The number of imidazole rings is 1. The van der Waals surface area contributed by atoms with Crippen LogP contribution in [0.15, 0.2) is 30.5 Å². The second kappa shape index (κ2) is 8.96. The van der Waals surface area contributed by atoms with Gasteiger partial charge in [-0.05, 0) is 37.0 Å². The molecule has 0 spiro atoms. The van der Waals surface area contributed by atoms with E-state index >= 15 is 0 Å². The number of amides is 1. The Morgan fingerprint density at radius 2 is 1.94 bits per heavy atom. The molecule has 1 N–H and O–H groups in total. The molecule has 0 saturated heterocycles. The molecule has 168 valence electrons. The number of pyridine rings is 1. The van der Waals surface area contributed by atoms with Crippen LogP contribution in [0.1, 0.15) is 46.4 Å². The Hall–Kier alpha value is -2.45. The van der Waals surface area contributed by atoms with Gasteiger partial charge in [0.1, 0.15) is 11.3 Å².